The van der Waals surface area contributed by atoms with E-state index in [1.54, 1.807) is 6.20 Å². The largest absolute Gasteiger partial charge is 0.309 e. The summed E-state index contributed by atoms with van der Waals surface area (Å²) in [5.74, 6) is 0.654. The number of amides is 1. The predicted octanol–water partition coefficient (Wildman–Crippen LogP) is 6.22. The van der Waals surface area contributed by atoms with Crippen LogP contribution in [0.2, 0.25) is 0 Å². The zero-order chi connectivity index (χ0) is 17.8. The average molecular weight is 564 g/mol. The number of pyridine rings is 1. The highest BCUT2D eigenvalue weighted by atomic mass is 79.9. The molecule has 0 unspecified atom stereocenters. The molecule has 0 aliphatic rings. The summed E-state index contributed by atoms with van der Waals surface area (Å²) in [7, 11) is 0. The molecule has 3 rings (SSSR count). The smallest absolute Gasteiger partial charge is 0.236 e. The van der Waals surface area contributed by atoms with Gasteiger partial charge in [0.15, 0.2) is 4.34 Å². The molecule has 3 aromatic rings. The highest BCUT2D eigenvalue weighted by molar-refractivity contribution is 9.11. The minimum Gasteiger partial charge on any atom is -0.309 e. The van der Waals surface area contributed by atoms with Gasteiger partial charge in [-0.2, -0.15) is 0 Å². The van der Waals surface area contributed by atoms with Crippen LogP contribution in [0.3, 0.4) is 0 Å². The van der Waals surface area contributed by atoms with Gasteiger partial charge in [-0.05, 0) is 50.1 Å². The summed E-state index contributed by atoms with van der Waals surface area (Å²) in [5.41, 5.74) is 1.97. The van der Waals surface area contributed by atoms with Crippen molar-refractivity contribution in [3.8, 4) is 11.3 Å². The first-order valence-corrected chi connectivity index (χ1v) is 11.2. The average Bonchev–Trinajstić information content (AvgIpc) is 3.05. The Morgan fingerprint density at radius 3 is 2.64 bits per heavy atom. The van der Waals surface area contributed by atoms with Gasteiger partial charge >= 0.3 is 0 Å². The van der Waals surface area contributed by atoms with Crippen molar-refractivity contribution >= 4 is 82.6 Å². The Morgan fingerprint density at radius 1 is 1.16 bits per heavy atom. The van der Waals surface area contributed by atoms with Gasteiger partial charge in [-0.25, -0.2) is 9.97 Å². The molecule has 25 heavy (non-hydrogen) atoms. The Bertz CT molecular complexity index is 900. The summed E-state index contributed by atoms with van der Waals surface area (Å²) in [6.07, 6.45) is 1.64. The van der Waals surface area contributed by atoms with Crippen molar-refractivity contribution in [1.29, 1.82) is 0 Å². The van der Waals surface area contributed by atoms with Crippen molar-refractivity contribution in [3.05, 3.63) is 55.3 Å². The topological polar surface area (TPSA) is 54.9 Å². The molecule has 4 nitrogen and oxygen atoms in total. The summed E-state index contributed by atoms with van der Waals surface area (Å²) in [6, 6.07) is 9.82. The van der Waals surface area contributed by atoms with Crippen LogP contribution in [0.25, 0.3) is 11.3 Å². The summed E-state index contributed by atoms with van der Waals surface area (Å²) >= 11 is 13.1. The van der Waals surface area contributed by atoms with E-state index in [9.17, 15) is 4.79 Å². The van der Waals surface area contributed by atoms with Gasteiger partial charge in [0.2, 0.25) is 5.91 Å². The van der Waals surface area contributed by atoms with Gasteiger partial charge < -0.3 is 5.32 Å². The molecule has 1 amide bonds. The fraction of sp³-hybridized carbons (Fsp3) is 0.0625. The van der Waals surface area contributed by atoms with E-state index in [2.05, 4.69) is 63.1 Å². The van der Waals surface area contributed by atoms with Crippen LogP contribution >= 0.6 is 70.9 Å². The van der Waals surface area contributed by atoms with E-state index in [1.165, 1.54) is 23.1 Å². The molecule has 1 aromatic carbocycles. The number of carbonyl (C=O) groups is 1. The third-order valence-electron chi connectivity index (χ3n) is 3.02. The quantitative estimate of drug-likeness (QED) is 0.374. The summed E-state index contributed by atoms with van der Waals surface area (Å²) in [4.78, 5) is 20.8. The molecule has 0 radical (unpaired) electrons. The molecule has 0 spiro atoms. The van der Waals surface area contributed by atoms with Gasteiger partial charge in [0, 0.05) is 26.1 Å². The van der Waals surface area contributed by atoms with Crippen LogP contribution in [0.5, 0.6) is 0 Å². The molecule has 0 saturated heterocycles. The number of nitrogens with zero attached hydrogens (tertiary/aromatic N) is 2. The Kier molecular flexibility index (Phi) is 6.67. The molecule has 2 aromatic heterocycles. The normalized spacial score (nSPS) is 10.7. The summed E-state index contributed by atoms with van der Waals surface area (Å²) in [5, 5.41) is 4.78. The molecule has 1 N–H and O–H groups in total. The van der Waals surface area contributed by atoms with Crippen molar-refractivity contribution in [1.82, 2.24) is 9.97 Å². The molecule has 9 heteroatoms. The lowest BCUT2D eigenvalue weighted by Gasteiger charge is -2.05. The van der Waals surface area contributed by atoms with Crippen molar-refractivity contribution < 1.29 is 4.79 Å². The SMILES string of the molecule is O=C(CSc1nc(-c2ccc(Br)cc2)cs1)Nc1ncc(Br)cc1Br. The third kappa shape index (κ3) is 5.37. The second-order valence-corrected chi connectivity index (χ2v) is 9.59. The van der Waals surface area contributed by atoms with Crippen LogP contribution in [-0.4, -0.2) is 21.6 Å². The van der Waals surface area contributed by atoms with E-state index in [0.29, 0.717) is 5.82 Å². The molecule has 0 bridgehead atoms. The van der Waals surface area contributed by atoms with Crippen LogP contribution in [0.4, 0.5) is 5.82 Å². The Balaban J connectivity index is 1.58. The number of nitrogens with one attached hydrogen (secondary N) is 1. The lowest BCUT2D eigenvalue weighted by Crippen LogP contribution is -2.15. The van der Waals surface area contributed by atoms with E-state index < -0.39 is 0 Å². The molecule has 0 aliphatic heterocycles. The van der Waals surface area contributed by atoms with Crippen molar-refractivity contribution in [3.63, 3.8) is 0 Å². The zero-order valence-corrected chi connectivity index (χ0v) is 18.9. The summed E-state index contributed by atoms with van der Waals surface area (Å²) in [6.45, 7) is 0. The first-order chi connectivity index (χ1) is 12.0. The molecule has 2 heterocycles. The number of halogens is 3. The first kappa shape index (κ1) is 19.0. The minimum atomic E-state index is -0.124. The highest BCUT2D eigenvalue weighted by Crippen LogP contribution is 2.29. The molecule has 0 aliphatic carbocycles. The van der Waals surface area contributed by atoms with E-state index in [-0.39, 0.29) is 11.7 Å². The van der Waals surface area contributed by atoms with Crippen LogP contribution in [0.15, 0.2) is 59.7 Å². The van der Waals surface area contributed by atoms with Crippen LogP contribution in [0.1, 0.15) is 0 Å². The number of anilines is 1. The van der Waals surface area contributed by atoms with Crippen molar-refractivity contribution in [2.75, 3.05) is 11.1 Å². The molecule has 0 saturated carbocycles. The molecular weight excluding hydrogens is 554 g/mol. The standard InChI is InChI=1S/C16H10Br3N3OS2/c17-10-3-1-9(2-4-10)13-7-24-16(21-13)25-8-14(23)22-15-12(19)5-11(18)6-20-15/h1-7H,8H2,(H,20,22,23). The molecule has 128 valence electrons. The van der Waals surface area contributed by atoms with Gasteiger partial charge in [0.05, 0.1) is 15.9 Å². The number of hydrogen-bond acceptors (Lipinski definition) is 5. The third-order valence-corrected chi connectivity index (χ3v) is 6.60. The summed E-state index contributed by atoms with van der Waals surface area (Å²) < 4.78 is 3.46. The lowest BCUT2D eigenvalue weighted by atomic mass is 10.2. The fourth-order valence-electron chi connectivity index (χ4n) is 1.88. The fourth-order valence-corrected chi connectivity index (χ4v) is 4.86. The van der Waals surface area contributed by atoms with Gasteiger partial charge in [-0.15, -0.1) is 11.3 Å². The maximum atomic E-state index is 12.1. The number of aromatic nitrogens is 2. The molecular formula is C16H10Br3N3OS2. The van der Waals surface area contributed by atoms with E-state index in [0.717, 1.165) is 29.0 Å². The van der Waals surface area contributed by atoms with E-state index in [4.69, 9.17) is 0 Å². The number of thiazole rings is 1. The predicted molar refractivity (Wildman–Crippen MR) is 114 cm³/mol. The van der Waals surface area contributed by atoms with Crippen LogP contribution in [-0.2, 0) is 4.79 Å². The number of benzene rings is 1. The first-order valence-electron chi connectivity index (χ1n) is 6.96. The minimum absolute atomic E-state index is 0.124. The number of carbonyl (C=O) groups excluding carboxylic acids is 1. The molecule has 0 fully saturated rings. The Hall–Kier alpha value is -0.740. The number of rotatable bonds is 5. The van der Waals surface area contributed by atoms with Crippen LogP contribution in [0, 0.1) is 0 Å². The molecule has 0 atom stereocenters. The maximum absolute atomic E-state index is 12.1. The van der Waals surface area contributed by atoms with Crippen molar-refractivity contribution in [2.45, 2.75) is 4.34 Å². The Labute approximate surface area is 178 Å². The Morgan fingerprint density at radius 2 is 1.92 bits per heavy atom. The van der Waals surface area contributed by atoms with Gasteiger partial charge in [-0.3, -0.25) is 4.79 Å². The van der Waals surface area contributed by atoms with Gasteiger partial charge in [0.25, 0.3) is 0 Å². The second-order valence-electron chi connectivity index (χ2n) is 4.83. The van der Waals surface area contributed by atoms with E-state index in [1.807, 2.05) is 35.7 Å². The van der Waals surface area contributed by atoms with Gasteiger partial charge in [0.1, 0.15) is 5.82 Å². The van der Waals surface area contributed by atoms with Crippen molar-refractivity contribution in [2.24, 2.45) is 0 Å². The zero-order valence-electron chi connectivity index (χ0n) is 12.5. The number of hydrogen-bond donors (Lipinski definition) is 1. The monoisotopic (exact) mass is 561 g/mol. The number of thioether (sulfide) groups is 1. The maximum Gasteiger partial charge on any atom is 0.236 e. The van der Waals surface area contributed by atoms with E-state index >= 15 is 0 Å². The second kappa shape index (κ2) is 8.77. The van der Waals surface area contributed by atoms with Crippen LogP contribution < -0.4 is 5.32 Å². The lowest BCUT2D eigenvalue weighted by molar-refractivity contribution is -0.113. The van der Waals surface area contributed by atoms with Gasteiger partial charge in [-0.1, -0.05) is 39.8 Å². The highest BCUT2D eigenvalue weighted by Gasteiger charge is 2.10.